The Morgan fingerprint density at radius 2 is 1.93 bits per heavy atom. The maximum absolute atomic E-state index is 12.6. The number of aromatic nitrogens is 1. The van der Waals surface area contributed by atoms with Crippen LogP contribution in [0.4, 0.5) is 10.8 Å². The predicted molar refractivity (Wildman–Crippen MR) is 109 cm³/mol. The van der Waals surface area contributed by atoms with Gasteiger partial charge in [0, 0.05) is 31.6 Å². The first-order valence-corrected chi connectivity index (χ1v) is 10.1. The van der Waals surface area contributed by atoms with Crippen molar-refractivity contribution in [2.75, 3.05) is 36.4 Å². The van der Waals surface area contributed by atoms with Gasteiger partial charge in [-0.2, -0.15) is 0 Å². The highest BCUT2D eigenvalue weighted by atomic mass is 32.1. The topological polar surface area (TPSA) is 98.9 Å². The molecule has 0 atom stereocenters. The minimum Gasteiger partial charge on any atom is -0.506 e. The Morgan fingerprint density at radius 1 is 1.14 bits per heavy atom. The fraction of sp³-hybridized carbons (Fsp3) is 0.250. The Morgan fingerprint density at radius 3 is 2.66 bits per heavy atom. The molecule has 8 nitrogen and oxygen atoms in total. The maximum Gasteiger partial charge on any atom is 0.293 e. The molecule has 29 heavy (non-hydrogen) atoms. The number of carbonyl (C=O) groups excluding carboxylic acids is 2. The SMILES string of the molecule is O=C(Nc1nc(CC(=O)N2CCN(c3ccccc3O)CC2)cs1)c1ccco1. The van der Waals surface area contributed by atoms with Crippen LogP contribution in [0.25, 0.3) is 0 Å². The summed E-state index contributed by atoms with van der Waals surface area (Å²) in [6.07, 6.45) is 1.61. The summed E-state index contributed by atoms with van der Waals surface area (Å²) >= 11 is 1.27. The Kier molecular flexibility index (Phi) is 5.48. The maximum atomic E-state index is 12.6. The van der Waals surface area contributed by atoms with Crippen LogP contribution in [0.1, 0.15) is 16.2 Å². The summed E-state index contributed by atoms with van der Waals surface area (Å²) in [6, 6.07) is 10.4. The van der Waals surface area contributed by atoms with Crippen LogP contribution in [0.15, 0.2) is 52.5 Å². The van der Waals surface area contributed by atoms with Gasteiger partial charge in [-0.25, -0.2) is 4.98 Å². The lowest BCUT2D eigenvalue weighted by Gasteiger charge is -2.36. The van der Waals surface area contributed by atoms with E-state index in [1.165, 1.54) is 17.6 Å². The molecule has 2 aromatic heterocycles. The van der Waals surface area contributed by atoms with Gasteiger partial charge in [-0.15, -0.1) is 11.3 Å². The van der Waals surface area contributed by atoms with Gasteiger partial charge < -0.3 is 19.3 Å². The number of rotatable bonds is 5. The number of carbonyl (C=O) groups is 2. The molecule has 3 heterocycles. The van der Waals surface area contributed by atoms with E-state index in [0.29, 0.717) is 37.0 Å². The van der Waals surface area contributed by atoms with E-state index in [0.717, 1.165) is 5.69 Å². The molecule has 2 N–H and O–H groups in total. The van der Waals surface area contributed by atoms with Crippen molar-refractivity contribution in [1.82, 2.24) is 9.88 Å². The fourth-order valence-electron chi connectivity index (χ4n) is 3.21. The molecule has 0 bridgehead atoms. The van der Waals surface area contributed by atoms with E-state index < -0.39 is 0 Å². The highest BCUT2D eigenvalue weighted by Gasteiger charge is 2.23. The van der Waals surface area contributed by atoms with Crippen molar-refractivity contribution in [3.05, 3.63) is 59.5 Å². The third-order valence-corrected chi connectivity index (χ3v) is 5.51. The number of nitrogens with one attached hydrogen (secondary N) is 1. The van der Waals surface area contributed by atoms with Crippen molar-refractivity contribution in [2.24, 2.45) is 0 Å². The highest BCUT2D eigenvalue weighted by molar-refractivity contribution is 7.14. The lowest BCUT2D eigenvalue weighted by atomic mass is 10.2. The number of phenols is 1. The zero-order chi connectivity index (χ0) is 20.2. The molecule has 3 aromatic rings. The highest BCUT2D eigenvalue weighted by Crippen LogP contribution is 2.27. The Labute approximate surface area is 171 Å². The second-order valence-corrected chi connectivity index (χ2v) is 7.47. The third kappa shape index (κ3) is 4.40. The predicted octanol–water partition coefficient (Wildman–Crippen LogP) is 2.59. The van der Waals surface area contributed by atoms with Gasteiger partial charge >= 0.3 is 0 Å². The summed E-state index contributed by atoms with van der Waals surface area (Å²) in [4.78, 5) is 32.8. The van der Waals surface area contributed by atoms with Gasteiger partial charge in [-0.1, -0.05) is 12.1 Å². The number of piperazine rings is 1. The first-order chi connectivity index (χ1) is 14.1. The summed E-state index contributed by atoms with van der Waals surface area (Å²) in [6.45, 7) is 2.48. The number of aromatic hydroxyl groups is 1. The summed E-state index contributed by atoms with van der Waals surface area (Å²) in [5.41, 5.74) is 1.41. The second kappa shape index (κ2) is 8.36. The number of benzene rings is 1. The molecule has 150 valence electrons. The molecule has 1 saturated heterocycles. The smallest absolute Gasteiger partial charge is 0.293 e. The van der Waals surface area contributed by atoms with Crippen LogP contribution >= 0.6 is 11.3 Å². The van der Waals surface area contributed by atoms with Crippen LogP contribution in [0, 0.1) is 0 Å². The molecule has 0 unspecified atom stereocenters. The fourth-order valence-corrected chi connectivity index (χ4v) is 3.91. The number of furan rings is 1. The van der Waals surface area contributed by atoms with Gasteiger partial charge in [0.2, 0.25) is 5.91 Å². The molecule has 0 saturated carbocycles. The third-order valence-electron chi connectivity index (χ3n) is 4.70. The quantitative estimate of drug-likeness (QED) is 0.668. The first kappa shape index (κ1) is 19.0. The van der Waals surface area contributed by atoms with E-state index in [4.69, 9.17) is 4.42 Å². The van der Waals surface area contributed by atoms with Crippen LogP contribution in [0.2, 0.25) is 0 Å². The molecule has 9 heteroatoms. The summed E-state index contributed by atoms with van der Waals surface area (Å²) in [7, 11) is 0. The second-order valence-electron chi connectivity index (χ2n) is 6.61. The van der Waals surface area contributed by atoms with E-state index in [9.17, 15) is 14.7 Å². The lowest BCUT2D eigenvalue weighted by molar-refractivity contribution is -0.130. The number of phenolic OH excluding ortho intramolecular Hbond substituents is 1. The number of amides is 2. The van der Waals surface area contributed by atoms with Gasteiger partial charge in [0.25, 0.3) is 5.91 Å². The molecule has 1 aliphatic heterocycles. The normalized spacial score (nSPS) is 14.1. The standard InChI is InChI=1S/C20H20N4O4S/c25-16-5-2-1-4-15(16)23-7-9-24(10-8-23)18(26)12-14-13-29-20(21-14)22-19(27)17-6-3-11-28-17/h1-6,11,13,25H,7-10,12H2,(H,21,22,27). The zero-order valence-corrected chi connectivity index (χ0v) is 16.4. The van der Waals surface area contributed by atoms with Crippen molar-refractivity contribution in [2.45, 2.75) is 6.42 Å². The molecule has 0 radical (unpaired) electrons. The Balaban J connectivity index is 1.30. The largest absolute Gasteiger partial charge is 0.506 e. The average Bonchev–Trinajstić information content (AvgIpc) is 3.41. The van der Waals surface area contributed by atoms with Crippen molar-refractivity contribution in [3.63, 3.8) is 0 Å². The van der Waals surface area contributed by atoms with Crippen LogP contribution in [0.5, 0.6) is 5.75 Å². The number of thiazole rings is 1. The molecule has 4 rings (SSSR count). The lowest BCUT2D eigenvalue weighted by Crippen LogP contribution is -2.49. The minimum absolute atomic E-state index is 0.00357. The Bertz CT molecular complexity index is 994. The molecule has 0 spiro atoms. The number of para-hydroxylation sites is 2. The van der Waals surface area contributed by atoms with Crippen LogP contribution < -0.4 is 10.2 Å². The molecule has 1 aromatic carbocycles. The van der Waals surface area contributed by atoms with Crippen LogP contribution in [-0.2, 0) is 11.2 Å². The molecule has 2 amide bonds. The van der Waals surface area contributed by atoms with Gasteiger partial charge in [0.1, 0.15) is 5.75 Å². The number of anilines is 2. The molecular formula is C20H20N4O4S. The minimum atomic E-state index is -0.373. The van der Waals surface area contributed by atoms with Gasteiger partial charge in [-0.3, -0.25) is 14.9 Å². The summed E-state index contributed by atoms with van der Waals surface area (Å²) in [5.74, 6) is 0.0812. The molecule has 1 fully saturated rings. The average molecular weight is 412 g/mol. The van der Waals surface area contributed by atoms with Crippen molar-refractivity contribution >= 4 is 34.0 Å². The van der Waals surface area contributed by atoms with Crippen LogP contribution in [0.3, 0.4) is 0 Å². The molecule has 1 aliphatic rings. The van der Waals surface area contributed by atoms with Gasteiger partial charge in [0.15, 0.2) is 10.9 Å². The van der Waals surface area contributed by atoms with E-state index >= 15 is 0 Å². The number of hydrogen-bond acceptors (Lipinski definition) is 7. The van der Waals surface area contributed by atoms with Crippen molar-refractivity contribution < 1.29 is 19.1 Å². The molecule has 0 aliphatic carbocycles. The van der Waals surface area contributed by atoms with E-state index in [1.807, 2.05) is 12.1 Å². The number of hydrogen-bond donors (Lipinski definition) is 2. The summed E-state index contributed by atoms with van der Waals surface area (Å²) < 4.78 is 5.05. The number of nitrogens with zero attached hydrogens (tertiary/aromatic N) is 3. The van der Waals surface area contributed by atoms with Crippen LogP contribution in [-0.4, -0.2) is 53.0 Å². The van der Waals surface area contributed by atoms with Crippen molar-refractivity contribution in [1.29, 1.82) is 0 Å². The van der Waals surface area contributed by atoms with Gasteiger partial charge in [0.05, 0.1) is 24.1 Å². The van der Waals surface area contributed by atoms with E-state index in [1.54, 1.807) is 34.5 Å². The zero-order valence-electron chi connectivity index (χ0n) is 15.6. The first-order valence-electron chi connectivity index (χ1n) is 9.20. The van der Waals surface area contributed by atoms with E-state index in [-0.39, 0.29) is 29.7 Å². The monoisotopic (exact) mass is 412 g/mol. The molecular weight excluding hydrogens is 392 g/mol. The Hall–Kier alpha value is -3.33. The van der Waals surface area contributed by atoms with E-state index in [2.05, 4.69) is 15.2 Å². The van der Waals surface area contributed by atoms with Crippen molar-refractivity contribution in [3.8, 4) is 5.75 Å². The van der Waals surface area contributed by atoms with Gasteiger partial charge in [-0.05, 0) is 24.3 Å². The summed E-state index contributed by atoms with van der Waals surface area (Å²) in [5, 5.41) is 14.9.